The maximum Gasteiger partial charge on any atom is 0.469 e. The zero-order chi connectivity index (χ0) is 18.1. The van der Waals surface area contributed by atoms with Crippen LogP contribution in [0, 0.1) is 10.1 Å². The molecule has 1 aliphatic heterocycles. The molecule has 1 saturated heterocycles. The minimum Gasteiger partial charge on any atom is -0.387 e. The van der Waals surface area contributed by atoms with E-state index in [2.05, 4.69) is 19.8 Å². The number of nitro groups is 1. The number of phosphoric ester groups is 1. The lowest BCUT2D eigenvalue weighted by Crippen LogP contribution is -2.37. The van der Waals surface area contributed by atoms with Gasteiger partial charge in [-0.25, -0.2) is 14.5 Å². The van der Waals surface area contributed by atoms with Gasteiger partial charge in [0.15, 0.2) is 6.23 Å². The second-order valence-electron chi connectivity index (χ2n) is 4.72. The summed E-state index contributed by atoms with van der Waals surface area (Å²) in [5.41, 5.74) is 4.73. The maximum atomic E-state index is 11.0. The monoisotopic (exact) mass is 367 g/mol. The molecule has 0 bridgehead atoms. The van der Waals surface area contributed by atoms with E-state index < -0.39 is 55.4 Å². The fraction of sp³-hybridized carbons (Fsp3) is 0.556. The number of aliphatic hydroxyl groups excluding tert-OH is 2. The van der Waals surface area contributed by atoms with Crippen LogP contribution in [0.3, 0.4) is 0 Å². The topological polar surface area (TPSA) is 223 Å². The van der Waals surface area contributed by atoms with Crippen LogP contribution in [-0.2, 0) is 13.8 Å². The molecule has 1 aromatic rings. The van der Waals surface area contributed by atoms with Crippen LogP contribution in [0.5, 0.6) is 0 Å². The smallest absolute Gasteiger partial charge is 0.387 e. The van der Waals surface area contributed by atoms with Crippen molar-refractivity contribution in [1.82, 2.24) is 9.97 Å². The highest BCUT2D eigenvalue weighted by molar-refractivity contribution is 7.46. The number of hydrogen-bond acceptors (Lipinski definition) is 11. The van der Waals surface area contributed by atoms with Crippen LogP contribution in [-0.4, -0.2) is 66.0 Å². The Hall–Kier alpha value is -1.93. The minimum atomic E-state index is -4.80. The normalized spacial score (nSPS) is 27.2. The summed E-state index contributed by atoms with van der Waals surface area (Å²) in [5, 5.41) is 33.1. The molecule has 134 valence electrons. The number of rotatable bonds is 6. The molecule has 1 aromatic heterocycles. The summed E-state index contributed by atoms with van der Waals surface area (Å²) < 4.78 is 20.0. The summed E-state index contributed by atoms with van der Waals surface area (Å²) in [5.74, 6) is -0.785. The van der Waals surface area contributed by atoms with Crippen molar-refractivity contribution in [2.75, 3.05) is 17.7 Å². The second kappa shape index (κ2) is 6.90. The first-order valence-corrected chi connectivity index (χ1v) is 7.86. The van der Waals surface area contributed by atoms with Gasteiger partial charge in [0, 0.05) is 0 Å². The van der Waals surface area contributed by atoms with E-state index in [9.17, 15) is 24.9 Å². The quantitative estimate of drug-likeness (QED) is 0.181. The fourth-order valence-electron chi connectivity index (χ4n) is 1.99. The van der Waals surface area contributed by atoms with Crippen LogP contribution in [0.25, 0.3) is 0 Å². The highest BCUT2D eigenvalue weighted by Gasteiger charge is 2.44. The van der Waals surface area contributed by atoms with Gasteiger partial charge in [-0.1, -0.05) is 0 Å². The molecule has 7 N–H and O–H groups in total. The predicted octanol–water partition coefficient (Wildman–Crippen LogP) is -2.07. The molecule has 0 saturated carbocycles. The maximum absolute atomic E-state index is 11.0. The molecule has 0 radical (unpaired) electrons. The van der Waals surface area contributed by atoms with Crippen molar-refractivity contribution < 1.29 is 38.7 Å². The molecule has 0 amide bonds. The first-order chi connectivity index (χ1) is 11.1. The number of phosphoric acid groups is 1. The Morgan fingerprint density at radius 3 is 2.67 bits per heavy atom. The van der Waals surface area contributed by atoms with Gasteiger partial charge in [-0.3, -0.25) is 14.6 Å². The van der Waals surface area contributed by atoms with E-state index >= 15 is 0 Å². The molecule has 0 unspecified atom stereocenters. The average molecular weight is 367 g/mol. The molecule has 1 aliphatic rings. The van der Waals surface area contributed by atoms with Gasteiger partial charge in [-0.05, 0) is 0 Å². The lowest BCUT2D eigenvalue weighted by Gasteiger charge is -2.17. The van der Waals surface area contributed by atoms with Crippen molar-refractivity contribution in [2.24, 2.45) is 0 Å². The van der Waals surface area contributed by atoms with E-state index in [0.29, 0.717) is 0 Å². The van der Waals surface area contributed by atoms with Gasteiger partial charge in [0.05, 0.1) is 11.5 Å². The van der Waals surface area contributed by atoms with Gasteiger partial charge in [-0.15, -0.1) is 0 Å². The molecular weight excluding hydrogens is 353 g/mol. The van der Waals surface area contributed by atoms with Crippen LogP contribution in [0.2, 0.25) is 0 Å². The van der Waals surface area contributed by atoms with E-state index in [1.165, 1.54) is 0 Å². The molecule has 14 nitrogen and oxygen atoms in total. The third kappa shape index (κ3) is 4.12. The number of nitrogens with two attached hydrogens (primary N) is 1. The molecular formula is C9H14N5O9P. The highest BCUT2D eigenvalue weighted by Crippen LogP contribution is 2.37. The summed E-state index contributed by atoms with van der Waals surface area (Å²) in [6, 6.07) is 0. The van der Waals surface area contributed by atoms with Crippen molar-refractivity contribution >= 4 is 25.1 Å². The lowest BCUT2D eigenvalue weighted by atomic mass is 10.1. The first kappa shape index (κ1) is 18.4. The Labute approximate surface area is 133 Å². The van der Waals surface area contributed by atoms with Gasteiger partial charge >= 0.3 is 13.5 Å². The van der Waals surface area contributed by atoms with Crippen LogP contribution in [0.1, 0.15) is 0 Å². The number of hydrogen-bond donors (Lipinski definition) is 6. The van der Waals surface area contributed by atoms with Crippen molar-refractivity contribution in [3.8, 4) is 0 Å². The summed E-state index contributed by atoms with van der Waals surface area (Å²) in [6.45, 7) is -0.714. The van der Waals surface area contributed by atoms with Crippen LogP contribution in [0.4, 0.5) is 17.3 Å². The third-order valence-electron chi connectivity index (χ3n) is 3.08. The third-order valence-corrected chi connectivity index (χ3v) is 3.57. The number of nitrogens with zero attached hydrogens (tertiary/aromatic N) is 3. The Kier molecular flexibility index (Phi) is 5.29. The Morgan fingerprint density at radius 1 is 1.42 bits per heavy atom. The number of aliphatic hydroxyl groups is 2. The molecule has 0 aromatic carbocycles. The number of nitrogens with one attached hydrogen (secondary N) is 1. The average Bonchev–Trinajstić information content (AvgIpc) is 2.72. The largest absolute Gasteiger partial charge is 0.469 e. The molecule has 1 fully saturated rings. The molecule has 2 rings (SSSR count). The molecule has 15 heteroatoms. The standard InChI is InChI=1S/C9H14N5O9P/c10-7-4(14(17)18)8(12-2-11-7)13-9-6(16)5(15)3(23-9)1-22-24(19,20)21/h2-3,5-6,9,15-16H,1H2,(H2,19,20,21)(H3,10,11,12,13)/t3-,5-,6-,9-/m1/s1. The van der Waals surface area contributed by atoms with Crippen molar-refractivity contribution in [1.29, 1.82) is 0 Å². The molecule has 2 heterocycles. The number of ether oxygens (including phenoxy) is 1. The summed E-state index contributed by atoms with van der Waals surface area (Å²) in [4.78, 5) is 34.5. The molecule has 24 heavy (non-hydrogen) atoms. The van der Waals surface area contributed by atoms with Gasteiger partial charge in [0.2, 0.25) is 11.6 Å². The first-order valence-electron chi connectivity index (χ1n) is 6.33. The second-order valence-corrected chi connectivity index (χ2v) is 5.96. The zero-order valence-electron chi connectivity index (χ0n) is 11.8. The zero-order valence-corrected chi connectivity index (χ0v) is 12.7. The van der Waals surface area contributed by atoms with Gasteiger partial charge in [0.1, 0.15) is 24.6 Å². The summed E-state index contributed by atoms with van der Waals surface area (Å²) in [7, 11) is -4.80. The van der Waals surface area contributed by atoms with E-state index in [4.69, 9.17) is 20.3 Å². The Bertz CT molecular complexity index is 669. The Balaban J connectivity index is 2.13. The van der Waals surface area contributed by atoms with Crippen LogP contribution >= 0.6 is 7.82 Å². The Morgan fingerprint density at radius 2 is 2.08 bits per heavy atom. The van der Waals surface area contributed by atoms with E-state index in [-0.39, 0.29) is 5.82 Å². The highest BCUT2D eigenvalue weighted by atomic mass is 31.2. The number of anilines is 2. The number of nitrogen functional groups attached to an aromatic ring is 1. The molecule has 0 spiro atoms. The van der Waals surface area contributed by atoms with E-state index in [1.54, 1.807) is 0 Å². The van der Waals surface area contributed by atoms with E-state index in [1.807, 2.05) is 0 Å². The van der Waals surface area contributed by atoms with Crippen LogP contribution < -0.4 is 11.1 Å². The van der Waals surface area contributed by atoms with Crippen molar-refractivity contribution in [3.05, 3.63) is 16.4 Å². The number of aromatic nitrogens is 2. The predicted molar refractivity (Wildman–Crippen MR) is 75.4 cm³/mol. The summed E-state index contributed by atoms with van der Waals surface area (Å²) in [6.07, 6.45) is -4.85. The van der Waals surface area contributed by atoms with Crippen molar-refractivity contribution in [3.63, 3.8) is 0 Å². The summed E-state index contributed by atoms with van der Waals surface area (Å²) >= 11 is 0. The van der Waals surface area contributed by atoms with Gasteiger partial charge in [0.25, 0.3) is 0 Å². The van der Waals surface area contributed by atoms with Crippen molar-refractivity contribution in [2.45, 2.75) is 24.5 Å². The van der Waals surface area contributed by atoms with Crippen LogP contribution in [0.15, 0.2) is 6.33 Å². The fourth-order valence-corrected chi connectivity index (χ4v) is 2.33. The lowest BCUT2D eigenvalue weighted by molar-refractivity contribution is -0.383. The van der Waals surface area contributed by atoms with Gasteiger partial charge in [-0.2, -0.15) is 0 Å². The van der Waals surface area contributed by atoms with Gasteiger partial charge < -0.3 is 35.8 Å². The minimum absolute atomic E-state index is 0.361. The SMILES string of the molecule is Nc1ncnc(N[C@@H]2O[C@H](COP(=O)(O)O)[C@@H](O)[C@H]2O)c1[N+](=O)[O-]. The molecule has 4 atom stereocenters. The van der Waals surface area contributed by atoms with E-state index in [0.717, 1.165) is 6.33 Å². The molecule has 0 aliphatic carbocycles.